The Balaban J connectivity index is 0.000000211. The number of phenolic OH excluding ortho intramolecular Hbond substituents is 2. The van der Waals surface area contributed by atoms with E-state index in [9.17, 15) is 39.0 Å². The summed E-state index contributed by atoms with van der Waals surface area (Å²) >= 11 is 0. The monoisotopic (exact) mass is 524 g/mol. The van der Waals surface area contributed by atoms with Crippen molar-refractivity contribution >= 4 is 47.8 Å². The number of methoxy groups -OCH3 is 2. The van der Waals surface area contributed by atoms with Crippen molar-refractivity contribution in [3.8, 4) is 23.0 Å². The van der Waals surface area contributed by atoms with Crippen LogP contribution < -0.4 is 30.7 Å². The van der Waals surface area contributed by atoms with Crippen LogP contribution in [0.15, 0.2) is 47.5 Å². The van der Waals surface area contributed by atoms with E-state index in [4.69, 9.17) is 9.47 Å². The maximum Gasteiger partial charge on any atom is 0.328 e. The Hall–Kier alpha value is -5.66. The molecule has 4 rings (SSSR count). The average molecular weight is 524 g/mol. The zero-order chi connectivity index (χ0) is 28.0. The van der Waals surface area contributed by atoms with E-state index >= 15 is 0 Å². The number of amides is 8. The van der Waals surface area contributed by atoms with E-state index in [-0.39, 0.29) is 34.1 Å². The minimum atomic E-state index is -0.857. The molecule has 0 saturated carbocycles. The lowest BCUT2D eigenvalue weighted by Crippen LogP contribution is -2.51. The number of benzene rings is 2. The number of carbonyl (C=O) groups excluding carboxylic acids is 6. The number of phenols is 2. The quantitative estimate of drug-likeness (QED) is 0.238. The van der Waals surface area contributed by atoms with Crippen molar-refractivity contribution in [2.24, 2.45) is 0 Å². The molecule has 2 saturated heterocycles. The second-order valence-electron chi connectivity index (χ2n) is 7.45. The van der Waals surface area contributed by atoms with Gasteiger partial charge in [-0.15, -0.1) is 0 Å². The number of imide groups is 4. The molecule has 0 aromatic heterocycles. The van der Waals surface area contributed by atoms with Crippen molar-refractivity contribution < 1.29 is 48.5 Å². The first kappa shape index (κ1) is 26.9. The fraction of sp³-hybridized carbons (Fsp3) is 0.0833. The van der Waals surface area contributed by atoms with Crippen LogP contribution >= 0.6 is 0 Å². The molecule has 0 radical (unpaired) electrons. The van der Waals surface area contributed by atoms with E-state index in [2.05, 4.69) is 0 Å². The third-order valence-corrected chi connectivity index (χ3v) is 4.91. The van der Waals surface area contributed by atoms with Crippen LogP contribution in [0.4, 0.5) is 9.59 Å². The van der Waals surface area contributed by atoms with Gasteiger partial charge in [0.25, 0.3) is 23.6 Å². The van der Waals surface area contributed by atoms with E-state index < -0.39 is 35.7 Å². The van der Waals surface area contributed by atoms with Gasteiger partial charge in [0, 0.05) is 0 Å². The van der Waals surface area contributed by atoms with Gasteiger partial charge in [0.1, 0.15) is 11.1 Å². The zero-order valence-corrected chi connectivity index (χ0v) is 19.8. The summed E-state index contributed by atoms with van der Waals surface area (Å²) in [6.45, 7) is 0. The predicted octanol–water partition coefficient (Wildman–Crippen LogP) is 0.300. The largest absolute Gasteiger partial charge is 0.504 e. The number of rotatable bonds is 4. The molecule has 0 atom stereocenters. The van der Waals surface area contributed by atoms with Crippen molar-refractivity contribution in [1.82, 2.24) is 21.3 Å². The standard InChI is InChI=1S/2C12H10N2O5/c2*1-19-9-3-2-6(5-8(9)15)4-7-10(16)13-12(18)14-11(7)17/h2*2-5,15H,1H3,(H2,13,14,16,17,18). The van der Waals surface area contributed by atoms with Crippen LogP contribution in [-0.4, -0.2) is 60.1 Å². The maximum atomic E-state index is 11.5. The summed E-state index contributed by atoms with van der Waals surface area (Å²) in [5, 5.41) is 27.0. The number of barbiturate groups is 2. The topological polar surface area (TPSA) is 209 Å². The second-order valence-corrected chi connectivity index (χ2v) is 7.45. The van der Waals surface area contributed by atoms with Crippen LogP contribution in [0.1, 0.15) is 11.1 Å². The number of aromatic hydroxyl groups is 2. The normalized spacial score (nSPS) is 14.8. The molecule has 2 fully saturated rings. The molecule has 0 bridgehead atoms. The molecular weight excluding hydrogens is 504 g/mol. The van der Waals surface area contributed by atoms with Gasteiger partial charge in [0.2, 0.25) is 0 Å². The maximum absolute atomic E-state index is 11.5. The molecule has 2 aromatic carbocycles. The molecule has 2 aliphatic rings. The Labute approximate surface area is 213 Å². The van der Waals surface area contributed by atoms with Gasteiger partial charge >= 0.3 is 12.1 Å². The molecule has 14 heteroatoms. The summed E-state index contributed by atoms with van der Waals surface area (Å²) in [7, 11) is 2.81. The van der Waals surface area contributed by atoms with Gasteiger partial charge in [-0.25, -0.2) is 9.59 Å². The van der Waals surface area contributed by atoms with Crippen LogP contribution in [0.5, 0.6) is 23.0 Å². The molecule has 2 aliphatic heterocycles. The molecule has 0 unspecified atom stereocenters. The van der Waals surface area contributed by atoms with Crippen molar-refractivity contribution in [3.05, 3.63) is 58.7 Å². The van der Waals surface area contributed by atoms with Gasteiger partial charge in [-0.05, 0) is 47.5 Å². The lowest BCUT2D eigenvalue weighted by atomic mass is 10.1. The Morgan fingerprint density at radius 3 is 1.16 bits per heavy atom. The van der Waals surface area contributed by atoms with E-state index in [1.54, 1.807) is 12.1 Å². The highest BCUT2D eigenvalue weighted by molar-refractivity contribution is 6.31. The molecule has 0 aliphatic carbocycles. The minimum Gasteiger partial charge on any atom is -0.504 e. The highest BCUT2D eigenvalue weighted by atomic mass is 16.5. The summed E-state index contributed by atoms with van der Waals surface area (Å²) in [5.74, 6) is -2.85. The Kier molecular flexibility index (Phi) is 8.07. The SMILES string of the molecule is COc1ccc(C=C2C(=O)NC(=O)NC2=O)cc1O.COc1ccc(C=C2C(=O)NC(=O)NC2=O)cc1O. The van der Waals surface area contributed by atoms with Gasteiger partial charge < -0.3 is 19.7 Å². The molecule has 8 amide bonds. The predicted molar refractivity (Wildman–Crippen MR) is 129 cm³/mol. The van der Waals surface area contributed by atoms with E-state index in [1.807, 2.05) is 21.3 Å². The highest BCUT2D eigenvalue weighted by Crippen LogP contribution is 2.28. The highest BCUT2D eigenvalue weighted by Gasteiger charge is 2.28. The van der Waals surface area contributed by atoms with Crippen molar-refractivity contribution in [3.63, 3.8) is 0 Å². The summed E-state index contributed by atoms with van der Waals surface area (Å²) in [6.07, 6.45) is 2.52. The number of ether oxygens (including phenoxy) is 2. The Bertz CT molecular complexity index is 1280. The van der Waals surface area contributed by atoms with Crippen LogP contribution in [0, 0.1) is 0 Å². The lowest BCUT2D eigenvalue weighted by Gasteiger charge is -2.14. The molecular formula is C24H20N4O10. The molecule has 0 spiro atoms. The number of carbonyl (C=O) groups is 6. The number of nitrogens with one attached hydrogen (secondary N) is 4. The summed E-state index contributed by atoms with van der Waals surface area (Å²) in [6, 6.07) is 7.06. The summed E-state index contributed by atoms with van der Waals surface area (Å²) < 4.78 is 9.74. The number of urea groups is 2. The van der Waals surface area contributed by atoms with E-state index in [0.29, 0.717) is 11.1 Å². The molecule has 14 nitrogen and oxygen atoms in total. The van der Waals surface area contributed by atoms with Crippen LogP contribution in [0.25, 0.3) is 12.2 Å². The van der Waals surface area contributed by atoms with Crippen LogP contribution in [-0.2, 0) is 19.2 Å². The average Bonchev–Trinajstić information content (AvgIpc) is 2.84. The van der Waals surface area contributed by atoms with Gasteiger partial charge in [-0.3, -0.25) is 40.4 Å². The molecule has 38 heavy (non-hydrogen) atoms. The van der Waals surface area contributed by atoms with Crippen molar-refractivity contribution in [2.45, 2.75) is 0 Å². The molecule has 2 heterocycles. The van der Waals surface area contributed by atoms with E-state index in [1.165, 1.54) is 50.6 Å². The van der Waals surface area contributed by atoms with E-state index in [0.717, 1.165) is 0 Å². The fourth-order valence-corrected chi connectivity index (χ4v) is 3.14. The number of hydrogen-bond acceptors (Lipinski definition) is 10. The van der Waals surface area contributed by atoms with Gasteiger partial charge in [0.15, 0.2) is 23.0 Å². The third kappa shape index (κ3) is 6.31. The third-order valence-electron chi connectivity index (χ3n) is 4.91. The van der Waals surface area contributed by atoms with Gasteiger partial charge in [0.05, 0.1) is 14.2 Å². The first-order valence-electron chi connectivity index (χ1n) is 10.5. The number of hydrogen-bond donors (Lipinski definition) is 6. The second kappa shape index (κ2) is 11.4. The molecule has 6 N–H and O–H groups in total. The van der Waals surface area contributed by atoms with Crippen LogP contribution in [0.2, 0.25) is 0 Å². The van der Waals surface area contributed by atoms with Gasteiger partial charge in [-0.2, -0.15) is 0 Å². The first-order chi connectivity index (χ1) is 18.0. The van der Waals surface area contributed by atoms with Crippen molar-refractivity contribution in [1.29, 1.82) is 0 Å². The zero-order valence-electron chi connectivity index (χ0n) is 19.8. The van der Waals surface area contributed by atoms with Crippen LogP contribution in [0.3, 0.4) is 0 Å². The first-order valence-corrected chi connectivity index (χ1v) is 10.5. The molecule has 2 aromatic rings. The summed E-state index contributed by atoms with van der Waals surface area (Å²) in [4.78, 5) is 67.7. The smallest absolute Gasteiger partial charge is 0.328 e. The van der Waals surface area contributed by atoms with Gasteiger partial charge in [-0.1, -0.05) is 12.1 Å². The Morgan fingerprint density at radius 1 is 0.579 bits per heavy atom. The molecule has 196 valence electrons. The fourth-order valence-electron chi connectivity index (χ4n) is 3.14. The van der Waals surface area contributed by atoms with Crippen molar-refractivity contribution in [2.75, 3.05) is 14.2 Å². The lowest BCUT2D eigenvalue weighted by molar-refractivity contribution is -0.125. The Morgan fingerprint density at radius 2 is 0.895 bits per heavy atom. The summed E-state index contributed by atoms with van der Waals surface area (Å²) in [5.41, 5.74) is 0.411. The minimum absolute atomic E-state index is 0.121.